The first-order valence-electron chi connectivity index (χ1n) is 6.66. The standard InChI is InChI=1S/C12H18N2O4S/c15-11(16)9-5-19-6-14(9)12(17)13-8-3-4-18-10(8)7-1-2-7/h7-10H,1-6H2,(H,13,17)(H,15,16)/t8?,9-,10?/m0/s1. The number of amides is 2. The second-order valence-corrected chi connectivity index (χ2v) is 6.34. The quantitative estimate of drug-likeness (QED) is 0.799. The Morgan fingerprint density at radius 3 is 2.79 bits per heavy atom. The molecule has 7 heteroatoms. The fraction of sp³-hybridized carbons (Fsp3) is 0.833. The molecular weight excluding hydrogens is 268 g/mol. The zero-order valence-electron chi connectivity index (χ0n) is 10.6. The summed E-state index contributed by atoms with van der Waals surface area (Å²) in [5, 5.41) is 12.0. The van der Waals surface area contributed by atoms with Crippen LogP contribution in [0.1, 0.15) is 19.3 Å². The maximum Gasteiger partial charge on any atom is 0.327 e. The summed E-state index contributed by atoms with van der Waals surface area (Å²) in [6.45, 7) is 0.684. The molecule has 2 amide bonds. The number of carbonyl (C=O) groups is 2. The van der Waals surface area contributed by atoms with Gasteiger partial charge in [-0.3, -0.25) is 0 Å². The molecule has 0 aromatic carbocycles. The van der Waals surface area contributed by atoms with Crippen LogP contribution >= 0.6 is 11.8 Å². The molecule has 3 fully saturated rings. The third kappa shape index (κ3) is 2.67. The Kier molecular flexibility index (Phi) is 3.58. The van der Waals surface area contributed by atoms with Crippen LogP contribution in [0, 0.1) is 5.92 Å². The Morgan fingerprint density at radius 2 is 2.11 bits per heavy atom. The van der Waals surface area contributed by atoms with Crippen LogP contribution in [0.5, 0.6) is 0 Å². The number of carboxylic acids is 1. The molecule has 3 rings (SSSR count). The average Bonchev–Trinajstić information content (AvgIpc) is 2.92. The zero-order chi connectivity index (χ0) is 13.4. The lowest BCUT2D eigenvalue weighted by Crippen LogP contribution is -2.51. The number of rotatable bonds is 3. The van der Waals surface area contributed by atoms with Crippen molar-refractivity contribution in [1.29, 1.82) is 0 Å². The van der Waals surface area contributed by atoms with Crippen molar-refractivity contribution in [3.05, 3.63) is 0 Å². The number of carbonyl (C=O) groups excluding carboxylic acids is 1. The van der Waals surface area contributed by atoms with Crippen LogP contribution in [0.15, 0.2) is 0 Å². The Bertz CT molecular complexity index is 388. The van der Waals surface area contributed by atoms with E-state index in [1.165, 1.54) is 29.5 Å². The smallest absolute Gasteiger partial charge is 0.327 e. The number of nitrogens with one attached hydrogen (secondary N) is 1. The molecule has 2 unspecified atom stereocenters. The molecule has 0 aromatic heterocycles. The summed E-state index contributed by atoms with van der Waals surface area (Å²) in [6, 6.07) is -0.926. The van der Waals surface area contributed by atoms with E-state index in [9.17, 15) is 9.59 Å². The summed E-state index contributed by atoms with van der Waals surface area (Å²) >= 11 is 1.48. The molecule has 0 radical (unpaired) electrons. The molecule has 0 spiro atoms. The van der Waals surface area contributed by atoms with Gasteiger partial charge in [-0.15, -0.1) is 11.8 Å². The number of carboxylic acid groups (broad SMARTS) is 1. The normalized spacial score (nSPS) is 34.5. The summed E-state index contributed by atoms with van der Waals surface area (Å²) in [5.74, 6) is 0.568. The maximum absolute atomic E-state index is 12.2. The monoisotopic (exact) mass is 286 g/mol. The number of thioether (sulfide) groups is 1. The van der Waals surface area contributed by atoms with E-state index in [2.05, 4.69) is 5.32 Å². The lowest BCUT2D eigenvalue weighted by atomic mass is 10.1. The van der Waals surface area contributed by atoms with E-state index in [1.54, 1.807) is 0 Å². The highest BCUT2D eigenvalue weighted by Gasteiger charge is 2.43. The van der Waals surface area contributed by atoms with Gasteiger partial charge in [0.25, 0.3) is 0 Å². The van der Waals surface area contributed by atoms with Crippen molar-refractivity contribution in [3.63, 3.8) is 0 Å². The topological polar surface area (TPSA) is 78.9 Å². The third-order valence-electron chi connectivity index (χ3n) is 3.96. The van der Waals surface area contributed by atoms with Gasteiger partial charge in [-0.2, -0.15) is 0 Å². The fourth-order valence-corrected chi connectivity index (χ4v) is 3.89. The number of aliphatic carboxylic acids is 1. The maximum atomic E-state index is 12.2. The summed E-state index contributed by atoms with van der Waals surface area (Å²) in [4.78, 5) is 24.7. The molecule has 6 nitrogen and oxygen atoms in total. The minimum atomic E-state index is -0.929. The van der Waals surface area contributed by atoms with Crippen LogP contribution in [-0.4, -0.2) is 58.4 Å². The van der Waals surface area contributed by atoms with Gasteiger partial charge in [0.05, 0.1) is 18.0 Å². The number of hydrogen-bond donors (Lipinski definition) is 2. The van der Waals surface area contributed by atoms with E-state index < -0.39 is 12.0 Å². The van der Waals surface area contributed by atoms with Crippen molar-refractivity contribution in [3.8, 4) is 0 Å². The van der Waals surface area contributed by atoms with Gasteiger partial charge in [0.1, 0.15) is 6.04 Å². The highest BCUT2D eigenvalue weighted by atomic mass is 32.2. The first kappa shape index (κ1) is 13.1. The number of nitrogens with zero attached hydrogens (tertiary/aromatic N) is 1. The molecule has 1 saturated carbocycles. The molecule has 3 aliphatic rings. The average molecular weight is 286 g/mol. The van der Waals surface area contributed by atoms with E-state index in [4.69, 9.17) is 9.84 Å². The van der Waals surface area contributed by atoms with Gasteiger partial charge < -0.3 is 20.1 Å². The molecule has 2 aliphatic heterocycles. The van der Waals surface area contributed by atoms with Crippen LogP contribution < -0.4 is 5.32 Å². The molecule has 2 heterocycles. The first-order chi connectivity index (χ1) is 9.16. The van der Waals surface area contributed by atoms with Crippen molar-refractivity contribution >= 4 is 23.8 Å². The van der Waals surface area contributed by atoms with Gasteiger partial charge in [-0.05, 0) is 25.2 Å². The van der Waals surface area contributed by atoms with E-state index in [0.717, 1.165) is 6.42 Å². The van der Waals surface area contributed by atoms with Crippen LogP contribution in [0.25, 0.3) is 0 Å². The summed E-state index contributed by atoms with van der Waals surface area (Å²) < 4.78 is 5.67. The number of ether oxygens (including phenoxy) is 1. The lowest BCUT2D eigenvalue weighted by Gasteiger charge is -2.25. The summed E-state index contributed by atoms with van der Waals surface area (Å²) in [5.41, 5.74) is 0. The highest BCUT2D eigenvalue weighted by molar-refractivity contribution is 7.99. The van der Waals surface area contributed by atoms with Gasteiger partial charge in [0, 0.05) is 12.4 Å². The van der Waals surface area contributed by atoms with Gasteiger partial charge >= 0.3 is 12.0 Å². The zero-order valence-corrected chi connectivity index (χ0v) is 11.4. The van der Waals surface area contributed by atoms with Gasteiger partial charge in [0.15, 0.2) is 0 Å². The highest BCUT2D eigenvalue weighted by Crippen LogP contribution is 2.38. The van der Waals surface area contributed by atoms with Crippen LogP contribution in [-0.2, 0) is 9.53 Å². The summed E-state index contributed by atoms with van der Waals surface area (Å²) in [6.07, 6.45) is 3.30. The summed E-state index contributed by atoms with van der Waals surface area (Å²) in [7, 11) is 0. The minimum absolute atomic E-state index is 0.0417. The minimum Gasteiger partial charge on any atom is -0.480 e. The molecule has 0 aromatic rings. The molecular formula is C12H18N2O4S. The fourth-order valence-electron chi connectivity index (χ4n) is 2.74. The van der Waals surface area contributed by atoms with Crippen LogP contribution in [0.3, 0.4) is 0 Å². The second kappa shape index (κ2) is 5.20. The van der Waals surface area contributed by atoms with Gasteiger partial charge in [-0.25, -0.2) is 9.59 Å². The largest absolute Gasteiger partial charge is 0.480 e. The number of urea groups is 1. The van der Waals surface area contributed by atoms with E-state index in [0.29, 0.717) is 24.2 Å². The Balaban J connectivity index is 1.59. The Hall–Kier alpha value is -0.950. The van der Waals surface area contributed by atoms with Crippen molar-refractivity contribution < 1.29 is 19.4 Å². The first-order valence-corrected chi connectivity index (χ1v) is 7.81. The van der Waals surface area contributed by atoms with E-state index in [-0.39, 0.29) is 18.2 Å². The molecule has 1 aliphatic carbocycles. The van der Waals surface area contributed by atoms with Gasteiger partial charge in [0.2, 0.25) is 0 Å². The van der Waals surface area contributed by atoms with Crippen molar-refractivity contribution in [2.75, 3.05) is 18.2 Å². The third-order valence-corrected chi connectivity index (χ3v) is 4.97. The molecule has 19 heavy (non-hydrogen) atoms. The van der Waals surface area contributed by atoms with Crippen molar-refractivity contribution in [2.24, 2.45) is 5.92 Å². The molecule has 106 valence electrons. The molecule has 3 atom stereocenters. The van der Waals surface area contributed by atoms with Crippen molar-refractivity contribution in [1.82, 2.24) is 10.2 Å². The molecule has 0 bridgehead atoms. The lowest BCUT2D eigenvalue weighted by molar-refractivity contribution is -0.140. The number of hydrogen-bond acceptors (Lipinski definition) is 4. The van der Waals surface area contributed by atoms with E-state index >= 15 is 0 Å². The van der Waals surface area contributed by atoms with E-state index in [1.807, 2.05) is 0 Å². The SMILES string of the molecule is O=C(O)[C@@H]1CSCN1C(=O)NC1CCOC1C1CC1. The van der Waals surface area contributed by atoms with Gasteiger partial charge in [-0.1, -0.05) is 0 Å². The van der Waals surface area contributed by atoms with Crippen LogP contribution in [0.2, 0.25) is 0 Å². The molecule has 2 N–H and O–H groups in total. The second-order valence-electron chi connectivity index (χ2n) is 5.34. The van der Waals surface area contributed by atoms with Crippen LogP contribution in [0.4, 0.5) is 4.79 Å². The Morgan fingerprint density at radius 1 is 1.32 bits per heavy atom. The predicted octanol–water partition coefficient (Wildman–Crippen LogP) is 0.723. The van der Waals surface area contributed by atoms with Crippen molar-refractivity contribution in [2.45, 2.75) is 37.5 Å². The predicted molar refractivity (Wildman–Crippen MR) is 70.0 cm³/mol. The Labute approximate surface area is 115 Å². The molecule has 2 saturated heterocycles.